The Labute approximate surface area is 362 Å². The lowest BCUT2D eigenvalue weighted by atomic mass is 9.71. The number of carboxylic acid groups (broad SMARTS) is 1. The van der Waals surface area contributed by atoms with Crippen LogP contribution < -0.4 is 15.8 Å². The van der Waals surface area contributed by atoms with E-state index in [2.05, 4.69) is 15.3 Å². The second kappa shape index (κ2) is 19.5. The number of carbonyl (C=O) groups is 4. The number of hydrogen-bond donors (Lipinski definition) is 5. The van der Waals surface area contributed by atoms with Crippen LogP contribution in [0.3, 0.4) is 0 Å². The van der Waals surface area contributed by atoms with Crippen LogP contribution in [0.5, 0.6) is 11.5 Å². The van der Waals surface area contributed by atoms with Crippen molar-refractivity contribution in [2.45, 2.75) is 91.1 Å². The number of fused-ring (bicyclic) bond motifs is 1. The van der Waals surface area contributed by atoms with Crippen molar-refractivity contribution in [3.63, 3.8) is 0 Å². The Morgan fingerprint density at radius 2 is 1.65 bits per heavy atom. The van der Waals surface area contributed by atoms with E-state index >= 15 is 0 Å². The number of nitrogens with one attached hydrogen (secondary N) is 1. The van der Waals surface area contributed by atoms with Gasteiger partial charge in [0.25, 0.3) is 0 Å². The molecule has 5 atom stereocenters. The number of allylic oxidation sites excluding steroid dienone is 4. The maximum absolute atomic E-state index is 14.5. The highest BCUT2D eigenvalue weighted by Crippen LogP contribution is 2.40. The minimum Gasteiger partial charge on any atom is -0.480 e. The molecule has 2 aliphatic carbocycles. The van der Waals surface area contributed by atoms with E-state index in [1.54, 1.807) is 32.7 Å². The van der Waals surface area contributed by atoms with E-state index in [1.165, 1.54) is 6.33 Å². The number of rotatable bonds is 19. The van der Waals surface area contributed by atoms with Crippen LogP contribution in [0.4, 0.5) is 5.82 Å². The van der Waals surface area contributed by atoms with Crippen LogP contribution >= 0.6 is 0 Å². The number of Topliss-reactive ketones (excluding diaryl/α,β-unsaturated/α-hetero) is 2. The van der Waals surface area contributed by atoms with Crippen LogP contribution in [0.2, 0.25) is 0 Å². The zero-order valence-electron chi connectivity index (χ0n) is 36.4. The number of aliphatic carboxylic acids is 1. The Bertz CT molecular complexity index is 2360. The van der Waals surface area contributed by atoms with Crippen LogP contribution in [0.1, 0.15) is 71.9 Å². The van der Waals surface area contributed by atoms with Crippen LogP contribution in [-0.2, 0) is 25.7 Å². The van der Waals surface area contributed by atoms with E-state index in [0.717, 1.165) is 10.9 Å². The predicted octanol–water partition coefficient (Wildman–Crippen LogP) is 5.29. The molecule has 0 aliphatic heterocycles. The first-order valence-electron chi connectivity index (χ1n) is 21.1. The highest BCUT2D eigenvalue weighted by Gasteiger charge is 2.44. The number of nitrogens with two attached hydrogens (primary N) is 1. The molecule has 2 aromatic carbocycles. The fourth-order valence-corrected chi connectivity index (χ4v) is 8.88. The van der Waals surface area contributed by atoms with E-state index in [4.69, 9.17) is 10.5 Å². The van der Waals surface area contributed by atoms with Gasteiger partial charge in [0.05, 0.1) is 17.5 Å². The topological polar surface area (TPSA) is 213 Å². The van der Waals surface area contributed by atoms with Crippen molar-refractivity contribution < 1.29 is 39.2 Å². The molecule has 6 rings (SSSR count). The fraction of sp³-hybridized carbons (Fsp3) is 0.447. The molecule has 1 unspecified atom stereocenters. The lowest BCUT2D eigenvalue weighted by molar-refractivity contribution is -0.139. The van der Waals surface area contributed by atoms with Crippen LogP contribution in [0.25, 0.3) is 11.0 Å². The molecule has 2 aromatic heterocycles. The van der Waals surface area contributed by atoms with E-state index in [1.807, 2.05) is 90.2 Å². The Hall–Kier alpha value is -5.74. The van der Waals surface area contributed by atoms with Crippen molar-refractivity contribution in [2.24, 2.45) is 17.1 Å². The first-order chi connectivity index (χ1) is 29.5. The van der Waals surface area contributed by atoms with Gasteiger partial charge in [0, 0.05) is 79.5 Å². The maximum atomic E-state index is 14.5. The van der Waals surface area contributed by atoms with Gasteiger partial charge in [-0.25, -0.2) is 9.97 Å². The van der Waals surface area contributed by atoms with Crippen molar-refractivity contribution in [1.82, 2.24) is 24.3 Å². The monoisotopic (exact) mass is 849 g/mol. The highest BCUT2D eigenvalue weighted by atomic mass is 16.5. The van der Waals surface area contributed by atoms with Gasteiger partial charge >= 0.3 is 5.97 Å². The summed E-state index contributed by atoms with van der Waals surface area (Å²) in [6.07, 6.45) is 2.14. The average molecular weight is 850 g/mol. The highest BCUT2D eigenvalue weighted by molar-refractivity contribution is 6.25. The first kappa shape index (κ1) is 45.8. The number of nitrogens with zero attached hydrogens (tertiary/aromatic N) is 5. The van der Waals surface area contributed by atoms with Gasteiger partial charge in [-0.1, -0.05) is 44.2 Å². The molecule has 1 saturated carbocycles. The summed E-state index contributed by atoms with van der Waals surface area (Å²) in [6.45, 7) is 10.2. The number of hydrogen-bond acceptors (Lipinski definition) is 12. The van der Waals surface area contributed by atoms with Gasteiger partial charge in [-0.3, -0.25) is 19.2 Å². The Kier molecular flexibility index (Phi) is 14.4. The third kappa shape index (κ3) is 10.1. The number of carboxylic acids is 1. The largest absolute Gasteiger partial charge is 0.480 e. The van der Waals surface area contributed by atoms with Crippen LogP contribution in [0.15, 0.2) is 95.5 Å². The second-order valence-corrected chi connectivity index (χ2v) is 17.2. The summed E-state index contributed by atoms with van der Waals surface area (Å²) >= 11 is 0. The summed E-state index contributed by atoms with van der Waals surface area (Å²) in [5.74, 6) is -0.216. The van der Waals surface area contributed by atoms with Gasteiger partial charge in [-0.2, -0.15) is 0 Å². The zero-order valence-corrected chi connectivity index (χ0v) is 36.4. The van der Waals surface area contributed by atoms with Crippen molar-refractivity contribution >= 4 is 40.3 Å². The molecule has 0 spiro atoms. The molecular formula is C47H59N7O8. The molecule has 15 heteroatoms. The van der Waals surface area contributed by atoms with Crippen LogP contribution in [-0.4, -0.2) is 115 Å². The zero-order chi connectivity index (χ0) is 44.9. The number of benzene rings is 2. The molecule has 15 nitrogen and oxygen atoms in total. The molecule has 1 fully saturated rings. The fourth-order valence-electron chi connectivity index (χ4n) is 8.88. The molecule has 1 amide bonds. The summed E-state index contributed by atoms with van der Waals surface area (Å²) in [4.78, 5) is 65.6. The standard InChI is InChI=1S/C47H59N7O8/c1-28-29(2)41(57)39(30(3)40(28)56)47(4,5)24-38(55)53(25-31-12-10-15-34(22-31)62-33-13-8-7-9-14-33)19-11-18-52(20-17-36(48)46(60)61)26-32-23-37(43(59)42(32)58)54-21-16-35-44(49-6)50-27-51-45(35)54/h7-10,12-16,21-22,27,32,36-37,42-43,58-59H,11,17-20,23-26,48H2,1-6H3,(H,60,61)(H,49,50,51)/t32-,36?,37-,42-,43+/m1/s1. The first-order valence-corrected chi connectivity index (χ1v) is 21.1. The Morgan fingerprint density at radius 1 is 0.935 bits per heavy atom. The second-order valence-electron chi connectivity index (χ2n) is 17.2. The average Bonchev–Trinajstić information content (AvgIpc) is 3.80. The van der Waals surface area contributed by atoms with Crippen molar-refractivity contribution in [3.05, 3.63) is 101 Å². The molecule has 4 aromatic rings. The molecule has 6 N–H and O–H groups in total. The summed E-state index contributed by atoms with van der Waals surface area (Å²) < 4.78 is 7.97. The summed E-state index contributed by atoms with van der Waals surface area (Å²) in [5.41, 5.74) is 7.94. The number of ether oxygens (including phenoxy) is 1. The lowest BCUT2D eigenvalue weighted by Gasteiger charge is -2.34. The summed E-state index contributed by atoms with van der Waals surface area (Å²) in [7, 11) is 1.77. The Morgan fingerprint density at radius 3 is 2.35 bits per heavy atom. The number of aliphatic hydroxyl groups excluding tert-OH is 2. The Balaban J connectivity index is 1.22. The number of aromatic nitrogens is 3. The molecule has 2 aliphatic rings. The SMILES string of the molecule is CNc1ncnc2c1ccn2[C@@H]1C[C@H](CN(CCCN(Cc2cccc(Oc3ccccc3)c2)C(=O)CC(C)(C)C2=C(C)C(=O)C(C)=C(C)C2=O)CCC(N)C(=O)O)[C@@H](O)[C@H]1O. The number of para-hydroxylation sites is 1. The number of ketones is 2. The lowest BCUT2D eigenvalue weighted by Crippen LogP contribution is -2.41. The normalized spacial score (nSPS) is 20.0. The van der Waals surface area contributed by atoms with Gasteiger partial charge in [0.1, 0.15) is 41.4 Å². The minimum atomic E-state index is -1.12. The molecule has 2 heterocycles. The van der Waals surface area contributed by atoms with Crippen molar-refractivity contribution in [2.75, 3.05) is 38.5 Å². The van der Waals surface area contributed by atoms with E-state index < -0.39 is 35.7 Å². The summed E-state index contributed by atoms with van der Waals surface area (Å²) in [5, 5.41) is 36.2. The smallest absolute Gasteiger partial charge is 0.320 e. The van der Waals surface area contributed by atoms with E-state index in [0.29, 0.717) is 84.3 Å². The number of carbonyl (C=O) groups excluding carboxylic acids is 3. The number of amides is 1. The molecular weight excluding hydrogens is 791 g/mol. The van der Waals surface area contributed by atoms with Crippen molar-refractivity contribution in [3.8, 4) is 11.5 Å². The van der Waals surface area contributed by atoms with Gasteiger partial charge in [0.2, 0.25) is 5.91 Å². The molecule has 62 heavy (non-hydrogen) atoms. The number of anilines is 1. The quantitative estimate of drug-likeness (QED) is 0.0760. The van der Waals surface area contributed by atoms with Crippen molar-refractivity contribution in [1.29, 1.82) is 0 Å². The van der Waals surface area contributed by atoms with E-state index in [-0.39, 0.29) is 42.8 Å². The van der Waals surface area contributed by atoms with Gasteiger partial charge < -0.3 is 45.5 Å². The molecule has 330 valence electrons. The van der Waals surface area contributed by atoms with Gasteiger partial charge in [-0.15, -0.1) is 0 Å². The molecule has 0 radical (unpaired) electrons. The molecule has 0 bridgehead atoms. The number of aliphatic hydroxyl groups is 2. The minimum absolute atomic E-state index is 0.0369. The summed E-state index contributed by atoms with van der Waals surface area (Å²) in [6, 6.07) is 17.2. The van der Waals surface area contributed by atoms with Crippen LogP contribution in [0, 0.1) is 11.3 Å². The predicted molar refractivity (Wildman–Crippen MR) is 235 cm³/mol. The van der Waals surface area contributed by atoms with Gasteiger partial charge in [0.15, 0.2) is 11.6 Å². The third-order valence-electron chi connectivity index (χ3n) is 12.4. The van der Waals surface area contributed by atoms with E-state index in [9.17, 15) is 34.5 Å². The maximum Gasteiger partial charge on any atom is 0.320 e. The third-order valence-corrected chi connectivity index (χ3v) is 12.4. The molecule has 0 saturated heterocycles. The van der Waals surface area contributed by atoms with Gasteiger partial charge in [-0.05, 0) is 82.5 Å².